The molecule has 7 nitrogen and oxygen atoms in total. The molecule has 1 amide bonds. The van der Waals surface area contributed by atoms with Gasteiger partial charge in [0.25, 0.3) is 0 Å². The van der Waals surface area contributed by atoms with Crippen molar-refractivity contribution in [1.29, 1.82) is 0 Å². The van der Waals surface area contributed by atoms with Crippen molar-refractivity contribution >= 4 is 34.5 Å². The third kappa shape index (κ3) is 6.50. The first kappa shape index (κ1) is 20.5. The molecule has 1 rings (SSSR count). The van der Waals surface area contributed by atoms with Crippen LogP contribution in [0.3, 0.4) is 0 Å². The molecule has 9 heteroatoms. The number of esters is 1. The number of amides is 1. The van der Waals surface area contributed by atoms with E-state index in [1.54, 1.807) is 26.0 Å². The van der Waals surface area contributed by atoms with Crippen molar-refractivity contribution in [1.82, 2.24) is 10.0 Å². The highest BCUT2D eigenvalue weighted by Crippen LogP contribution is 2.10. The molecule has 0 aliphatic heterocycles. The standard InChI is InChI=1S/C15H22N2O5S2/c1-10(2)22-14(18)8-16-15(19)13(9-23)17-24(20,21)12-6-4-11(3)5-7-12/h4-7,10,13,17,23H,8-9H2,1-3H3,(H,16,19)/t13-/m0/s1. The maximum absolute atomic E-state index is 12.3. The molecule has 0 heterocycles. The van der Waals surface area contributed by atoms with E-state index in [0.29, 0.717) is 0 Å². The predicted molar refractivity (Wildman–Crippen MR) is 93.4 cm³/mol. The summed E-state index contributed by atoms with van der Waals surface area (Å²) in [5, 5.41) is 2.33. The van der Waals surface area contributed by atoms with Gasteiger partial charge in [0.15, 0.2) is 0 Å². The normalized spacial score (nSPS) is 12.7. The molecule has 1 aromatic carbocycles. The second-order valence-corrected chi connectivity index (χ2v) is 7.51. The van der Waals surface area contributed by atoms with Gasteiger partial charge in [-0.3, -0.25) is 9.59 Å². The fourth-order valence-electron chi connectivity index (χ4n) is 1.73. The van der Waals surface area contributed by atoms with E-state index in [4.69, 9.17) is 4.74 Å². The quantitative estimate of drug-likeness (QED) is 0.458. The second-order valence-electron chi connectivity index (χ2n) is 5.43. The number of nitrogens with one attached hydrogen (secondary N) is 2. The van der Waals surface area contributed by atoms with Gasteiger partial charge in [0, 0.05) is 5.75 Å². The molecule has 0 aliphatic rings. The third-order valence-corrected chi connectivity index (χ3v) is 4.75. The minimum absolute atomic E-state index is 0.0481. The lowest BCUT2D eigenvalue weighted by atomic mass is 10.2. The highest BCUT2D eigenvalue weighted by molar-refractivity contribution is 7.89. The molecule has 0 aromatic heterocycles. The van der Waals surface area contributed by atoms with Crippen molar-refractivity contribution in [2.24, 2.45) is 0 Å². The zero-order valence-electron chi connectivity index (χ0n) is 13.8. The Morgan fingerprint density at radius 1 is 1.21 bits per heavy atom. The van der Waals surface area contributed by atoms with Crippen molar-refractivity contribution in [3.63, 3.8) is 0 Å². The average molecular weight is 374 g/mol. The van der Waals surface area contributed by atoms with Gasteiger partial charge in [-0.05, 0) is 32.9 Å². The van der Waals surface area contributed by atoms with Crippen LogP contribution in [0.4, 0.5) is 0 Å². The summed E-state index contributed by atoms with van der Waals surface area (Å²) in [5.74, 6) is -1.31. The van der Waals surface area contributed by atoms with Gasteiger partial charge in [-0.1, -0.05) is 17.7 Å². The average Bonchev–Trinajstić information content (AvgIpc) is 2.50. The topological polar surface area (TPSA) is 102 Å². The molecule has 0 spiro atoms. The van der Waals surface area contributed by atoms with E-state index in [1.165, 1.54) is 12.1 Å². The van der Waals surface area contributed by atoms with Gasteiger partial charge in [-0.15, -0.1) is 0 Å². The summed E-state index contributed by atoms with van der Waals surface area (Å²) in [6, 6.07) is 5.11. The molecule has 1 aromatic rings. The number of benzene rings is 1. The van der Waals surface area contributed by atoms with E-state index >= 15 is 0 Å². The van der Waals surface area contributed by atoms with Crippen LogP contribution >= 0.6 is 12.6 Å². The van der Waals surface area contributed by atoms with E-state index in [0.717, 1.165) is 5.56 Å². The van der Waals surface area contributed by atoms with Gasteiger partial charge in [-0.25, -0.2) is 8.42 Å². The molecule has 24 heavy (non-hydrogen) atoms. The molecule has 0 bridgehead atoms. The SMILES string of the molecule is Cc1ccc(S(=O)(=O)N[C@@H](CS)C(=O)NCC(=O)OC(C)C)cc1. The Balaban J connectivity index is 2.70. The summed E-state index contributed by atoms with van der Waals surface area (Å²) < 4.78 is 31.7. The van der Waals surface area contributed by atoms with Crippen LogP contribution in [-0.2, 0) is 24.3 Å². The molecule has 1 atom stereocenters. The van der Waals surface area contributed by atoms with Crippen LogP contribution in [0, 0.1) is 6.92 Å². The summed E-state index contributed by atoms with van der Waals surface area (Å²) in [5.41, 5.74) is 0.918. The molecule has 0 saturated heterocycles. The van der Waals surface area contributed by atoms with Gasteiger partial charge < -0.3 is 10.1 Å². The van der Waals surface area contributed by atoms with Crippen LogP contribution in [0.1, 0.15) is 19.4 Å². The molecule has 0 aliphatic carbocycles. The van der Waals surface area contributed by atoms with Gasteiger partial charge in [0.1, 0.15) is 12.6 Å². The van der Waals surface area contributed by atoms with Crippen LogP contribution in [0.2, 0.25) is 0 Å². The molecule has 0 fully saturated rings. The number of carbonyl (C=O) groups excluding carboxylic acids is 2. The fraction of sp³-hybridized carbons (Fsp3) is 0.467. The van der Waals surface area contributed by atoms with E-state index in [9.17, 15) is 18.0 Å². The summed E-state index contributed by atoms with van der Waals surface area (Å²) in [6.07, 6.45) is -0.296. The largest absolute Gasteiger partial charge is 0.462 e. The lowest BCUT2D eigenvalue weighted by Gasteiger charge is -2.17. The van der Waals surface area contributed by atoms with Gasteiger partial charge in [-0.2, -0.15) is 17.4 Å². The van der Waals surface area contributed by atoms with E-state index in [-0.39, 0.29) is 23.3 Å². The van der Waals surface area contributed by atoms with Crippen molar-refractivity contribution < 1.29 is 22.7 Å². The zero-order chi connectivity index (χ0) is 18.3. The highest BCUT2D eigenvalue weighted by Gasteiger charge is 2.25. The zero-order valence-corrected chi connectivity index (χ0v) is 15.5. The van der Waals surface area contributed by atoms with Crippen molar-refractivity contribution in [3.8, 4) is 0 Å². The number of aryl methyl sites for hydroxylation is 1. The number of hydrogen-bond donors (Lipinski definition) is 3. The number of ether oxygens (including phenoxy) is 1. The number of rotatable bonds is 8. The van der Waals surface area contributed by atoms with Gasteiger partial charge in [0.05, 0.1) is 11.0 Å². The Bertz CT molecular complexity index is 672. The first-order valence-electron chi connectivity index (χ1n) is 7.32. The summed E-state index contributed by atoms with van der Waals surface area (Å²) in [4.78, 5) is 23.5. The Kier molecular flexibility index (Phi) is 7.71. The maximum Gasteiger partial charge on any atom is 0.325 e. The molecular weight excluding hydrogens is 352 g/mol. The molecular formula is C15H22N2O5S2. The van der Waals surface area contributed by atoms with Gasteiger partial charge >= 0.3 is 5.97 Å². The van der Waals surface area contributed by atoms with Crippen LogP contribution in [-0.4, -0.2) is 44.7 Å². The van der Waals surface area contributed by atoms with Crippen molar-refractivity contribution in [2.45, 2.75) is 37.8 Å². The monoisotopic (exact) mass is 374 g/mol. The van der Waals surface area contributed by atoms with Gasteiger partial charge in [0.2, 0.25) is 15.9 Å². The molecule has 0 radical (unpaired) electrons. The van der Waals surface area contributed by atoms with E-state index in [2.05, 4.69) is 22.7 Å². The summed E-state index contributed by atoms with van der Waals surface area (Å²) in [7, 11) is -3.87. The fourth-order valence-corrected chi connectivity index (χ4v) is 3.31. The first-order chi connectivity index (χ1) is 11.2. The van der Waals surface area contributed by atoms with E-state index in [1.807, 2.05) is 6.92 Å². The summed E-state index contributed by atoms with van der Waals surface area (Å²) >= 11 is 3.99. The molecule has 0 unspecified atom stereocenters. The van der Waals surface area contributed by atoms with Crippen LogP contribution in [0.5, 0.6) is 0 Å². The molecule has 0 saturated carbocycles. The van der Waals surface area contributed by atoms with Crippen LogP contribution in [0.15, 0.2) is 29.2 Å². The minimum Gasteiger partial charge on any atom is -0.462 e. The maximum atomic E-state index is 12.3. The number of thiol groups is 1. The number of hydrogen-bond acceptors (Lipinski definition) is 6. The Labute approximate surface area is 147 Å². The predicted octanol–water partition coefficient (Wildman–Crippen LogP) is 0.640. The van der Waals surface area contributed by atoms with Crippen LogP contribution in [0.25, 0.3) is 0 Å². The molecule has 134 valence electrons. The minimum atomic E-state index is -3.87. The summed E-state index contributed by atoms with van der Waals surface area (Å²) in [6.45, 7) is 4.87. The van der Waals surface area contributed by atoms with Crippen molar-refractivity contribution in [3.05, 3.63) is 29.8 Å². The number of carbonyl (C=O) groups is 2. The van der Waals surface area contributed by atoms with E-state index < -0.39 is 27.9 Å². The highest BCUT2D eigenvalue weighted by atomic mass is 32.2. The number of sulfonamides is 1. The van der Waals surface area contributed by atoms with Crippen LogP contribution < -0.4 is 10.0 Å². The first-order valence-corrected chi connectivity index (χ1v) is 9.44. The smallest absolute Gasteiger partial charge is 0.325 e. The molecule has 2 N–H and O–H groups in total. The Hall–Kier alpha value is -1.58. The Morgan fingerprint density at radius 3 is 2.29 bits per heavy atom. The third-order valence-electron chi connectivity index (χ3n) is 2.90. The van der Waals surface area contributed by atoms with Crippen molar-refractivity contribution in [2.75, 3.05) is 12.3 Å². The Morgan fingerprint density at radius 2 is 1.79 bits per heavy atom. The second kappa shape index (κ2) is 9.05. The lowest BCUT2D eigenvalue weighted by Crippen LogP contribution is -2.49. The lowest BCUT2D eigenvalue weighted by molar-refractivity contribution is -0.147.